The Hall–Kier alpha value is -2.53. The van der Waals surface area contributed by atoms with Crippen LogP contribution in [-0.4, -0.2) is 20.2 Å². The van der Waals surface area contributed by atoms with E-state index in [9.17, 15) is 4.79 Å². The summed E-state index contributed by atoms with van der Waals surface area (Å²) in [7, 11) is -2.73. The number of carbonyl (C=O) groups excluding carboxylic acids is 1. The maximum atomic E-state index is 12.7. The molecule has 1 aliphatic carbocycles. The highest BCUT2D eigenvalue weighted by molar-refractivity contribution is 7.08. The lowest BCUT2D eigenvalue weighted by molar-refractivity contribution is -0.111. The van der Waals surface area contributed by atoms with Crippen molar-refractivity contribution in [1.29, 1.82) is 0 Å². The number of thiophene rings is 1. The Kier molecular flexibility index (Phi) is 5.74. The van der Waals surface area contributed by atoms with Crippen molar-refractivity contribution >= 4 is 41.9 Å². The van der Waals surface area contributed by atoms with E-state index in [1.165, 1.54) is 10.4 Å². The van der Waals surface area contributed by atoms with E-state index in [2.05, 4.69) is 74.7 Å². The maximum Gasteiger partial charge on any atom is 0.262 e. The normalized spacial score (nSPS) is 18.3. The predicted molar refractivity (Wildman–Crippen MR) is 129 cm³/mol. The first-order valence-electron chi connectivity index (χ1n) is 10.2. The summed E-state index contributed by atoms with van der Waals surface area (Å²) >= 11 is 1.63. The highest BCUT2D eigenvalue weighted by Gasteiger charge is 2.52. The monoisotopic (exact) mass is 430 g/mol. The molecule has 0 spiro atoms. The second-order valence-corrected chi connectivity index (χ2v) is 13.6. The number of hydrogen-bond donors (Lipinski definition) is 0. The Balaban J connectivity index is 1.87. The van der Waals surface area contributed by atoms with Gasteiger partial charge in [-0.3, -0.25) is 4.79 Å². The van der Waals surface area contributed by atoms with Crippen LogP contribution in [0.2, 0.25) is 5.04 Å². The van der Waals surface area contributed by atoms with Crippen LogP contribution >= 0.6 is 11.3 Å². The van der Waals surface area contributed by atoms with Gasteiger partial charge in [-0.05, 0) is 56.0 Å². The number of hydrogen-bond acceptors (Lipinski definition) is 3. The summed E-state index contributed by atoms with van der Waals surface area (Å²) in [6.45, 7) is 6.76. The first-order chi connectivity index (χ1) is 14.4. The Labute approximate surface area is 183 Å². The fraction of sp³-hybridized carbons (Fsp3) is 0.192. The molecule has 1 unspecified atom stereocenters. The molecule has 2 nitrogen and oxygen atoms in total. The topological polar surface area (TPSA) is 26.3 Å². The molecule has 2 aromatic carbocycles. The van der Waals surface area contributed by atoms with Gasteiger partial charge in [0.05, 0.1) is 6.10 Å². The van der Waals surface area contributed by atoms with Gasteiger partial charge < -0.3 is 4.43 Å². The van der Waals surface area contributed by atoms with Crippen LogP contribution in [0.5, 0.6) is 0 Å². The number of ketones is 1. The van der Waals surface area contributed by atoms with Gasteiger partial charge in [-0.15, -0.1) is 0 Å². The van der Waals surface area contributed by atoms with Crippen molar-refractivity contribution < 1.29 is 9.22 Å². The minimum Gasteiger partial charge on any atom is -0.397 e. The predicted octanol–water partition coefficient (Wildman–Crippen LogP) is 5.22. The fourth-order valence-electron chi connectivity index (χ4n) is 4.19. The number of rotatable bonds is 5. The Morgan fingerprint density at radius 1 is 0.933 bits per heavy atom. The van der Waals surface area contributed by atoms with Gasteiger partial charge in [-0.2, -0.15) is 11.3 Å². The summed E-state index contributed by atoms with van der Waals surface area (Å²) in [4.78, 5) is 12.7. The number of carbonyl (C=O) groups is 1. The summed E-state index contributed by atoms with van der Waals surface area (Å²) in [6, 6.07) is 23.1. The van der Waals surface area contributed by atoms with Crippen molar-refractivity contribution in [2.45, 2.75) is 31.9 Å². The molecule has 0 aliphatic heterocycles. The van der Waals surface area contributed by atoms with Gasteiger partial charge >= 0.3 is 0 Å². The van der Waals surface area contributed by atoms with Crippen molar-refractivity contribution in [3.63, 3.8) is 0 Å². The van der Waals surface area contributed by atoms with Crippen molar-refractivity contribution in [2.24, 2.45) is 0 Å². The van der Waals surface area contributed by atoms with Crippen LogP contribution in [0.15, 0.2) is 95.2 Å². The van der Waals surface area contributed by atoms with Crippen LogP contribution in [0.4, 0.5) is 0 Å². The van der Waals surface area contributed by atoms with Crippen LogP contribution in [0, 0.1) is 0 Å². The molecule has 0 saturated carbocycles. The third-order valence-corrected chi connectivity index (χ3v) is 11.3. The first-order valence-corrected chi connectivity index (χ1v) is 13.0. The molecule has 0 fully saturated rings. The molecular weight excluding hydrogens is 404 g/mol. The molecule has 0 saturated heterocycles. The van der Waals surface area contributed by atoms with E-state index in [1.54, 1.807) is 17.4 Å². The SMILES string of the molecule is CC(C)(C)[Si](OC1C=CC(=O)/C1=C\c1ccsc1)(c1ccccc1)c1ccccc1. The van der Waals surface area contributed by atoms with E-state index in [0.29, 0.717) is 5.57 Å². The highest BCUT2D eigenvalue weighted by Crippen LogP contribution is 2.39. The van der Waals surface area contributed by atoms with Crippen LogP contribution < -0.4 is 10.4 Å². The zero-order valence-corrected chi connectivity index (χ0v) is 19.4. The molecule has 1 atom stereocenters. The molecule has 152 valence electrons. The number of allylic oxidation sites excluding steroid dienone is 1. The van der Waals surface area contributed by atoms with Crippen LogP contribution in [0.3, 0.4) is 0 Å². The van der Waals surface area contributed by atoms with E-state index in [4.69, 9.17) is 4.43 Å². The zero-order chi connectivity index (χ0) is 21.2. The van der Waals surface area contributed by atoms with Gasteiger partial charge in [0.25, 0.3) is 8.32 Å². The van der Waals surface area contributed by atoms with Gasteiger partial charge in [-0.1, -0.05) is 81.4 Å². The molecule has 1 aromatic heterocycles. The quantitative estimate of drug-likeness (QED) is 0.410. The average molecular weight is 431 g/mol. The van der Waals surface area contributed by atoms with Gasteiger partial charge in [0.1, 0.15) is 0 Å². The van der Waals surface area contributed by atoms with Gasteiger partial charge in [0.15, 0.2) is 5.78 Å². The minimum absolute atomic E-state index is 0.0316. The lowest BCUT2D eigenvalue weighted by Gasteiger charge is -2.44. The van der Waals surface area contributed by atoms with E-state index in [1.807, 2.05) is 35.7 Å². The summed E-state index contributed by atoms with van der Waals surface area (Å²) in [5, 5.41) is 6.37. The van der Waals surface area contributed by atoms with Crippen LogP contribution in [0.25, 0.3) is 6.08 Å². The van der Waals surface area contributed by atoms with Crippen molar-refractivity contribution in [2.75, 3.05) is 0 Å². The van der Waals surface area contributed by atoms with Crippen molar-refractivity contribution in [3.8, 4) is 0 Å². The van der Waals surface area contributed by atoms with E-state index in [-0.39, 0.29) is 16.9 Å². The molecule has 1 heterocycles. The Morgan fingerprint density at radius 2 is 1.53 bits per heavy atom. The lowest BCUT2D eigenvalue weighted by atomic mass is 10.1. The lowest BCUT2D eigenvalue weighted by Crippen LogP contribution is -2.67. The van der Waals surface area contributed by atoms with Gasteiger partial charge in [0.2, 0.25) is 0 Å². The molecule has 1 aliphatic rings. The summed E-state index contributed by atoms with van der Waals surface area (Å²) in [5.74, 6) is 0.0316. The molecule has 30 heavy (non-hydrogen) atoms. The summed E-state index contributed by atoms with van der Waals surface area (Å²) in [6.07, 6.45) is 5.19. The van der Waals surface area contributed by atoms with E-state index < -0.39 is 8.32 Å². The van der Waals surface area contributed by atoms with Crippen LogP contribution in [-0.2, 0) is 9.22 Å². The van der Waals surface area contributed by atoms with E-state index in [0.717, 1.165) is 5.56 Å². The molecule has 0 radical (unpaired) electrons. The number of benzene rings is 2. The smallest absolute Gasteiger partial charge is 0.262 e. The molecule has 0 amide bonds. The van der Waals surface area contributed by atoms with Crippen molar-refractivity contribution in [1.82, 2.24) is 0 Å². The highest BCUT2D eigenvalue weighted by atomic mass is 32.1. The van der Waals surface area contributed by atoms with Gasteiger partial charge in [0, 0.05) is 5.57 Å². The third-order valence-electron chi connectivity index (χ3n) is 5.60. The standard InChI is InChI=1S/C26H26O2SSi/c1-26(2,3)30(21-10-6-4-7-11-21,22-12-8-5-9-13-22)28-25-15-14-24(27)23(25)18-20-16-17-29-19-20/h4-19,25H,1-3H3/b23-18+. The first kappa shape index (κ1) is 20.7. The summed E-state index contributed by atoms with van der Waals surface area (Å²) < 4.78 is 7.13. The van der Waals surface area contributed by atoms with E-state index >= 15 is 0 Å². The fourth-order valence-corrected chi connectivity index (χ4v) is 9.41. The second kappa shape index (κ2) is 8.30. The average Bonchev–Trinajstić information content (AvgIpc) is 3.38. The zero-order valence-electron chi connectivity index (χ0n) is 17.5. The maximum absolute atomic E-state index is 12.7. The molecule has 4 rings (SSSR count). The third kappa shape index (κ3) is 3.78. The largest absolute Gasteiger partial charge is 0.397 e. The second-order valence-electron chi connectivity index (χ2n) is 8.58. The molecule has 0 bridgehead atoms. The molecule has 3 aromatic rings. The Morgan fingerprint density at radius 3 is 2.03 bits per heavy atom. The summed E-state index contributed by atoms with van der Waals surface area (Å²) in [5.41, 5.74) is 1.75. The van der Waals surface area contributed by atoms with Crippen molar-refractivity contribution in [3.05, 3.63) is 101 Å². The molecular formula is C26H26O2SSi. The van der Waals surface area contributed by atoms with Crippen LogP contribution in [0.1, 0.15) is 26.3 Å². The Bertz CT molecular complexity index is 1020. The molecule has 4 heteroatoms. The molecule has 0 N–H and O–H groups in total. The van der Waals surface area contributed by atoms with Gasteiger partial charge in [-0.25, -0.2) is 0 Å². The minimum atomic E-state index is -2.73.